The fraction of sp³-hybridized carbons (Fsp3) is 0.174. The van der Waals surface area contributed by atoms with Crippen molar-refractivity contribution in [3.63, 3.8) is 0 Å². The Morgan fingerprint density at radius 2 is 1.74 bits per heavy atom. The summed E-state index contributed by atoms with van der Waals surface area (Å²) in [5, 5.41) is 11.1. The molecule has 5 aromatic rings. The van der Waals surface area contributed by atoms with Crippen LogP contribution in [0.15, 0.2) is 58.3 Å². The van der Waals surface area contributed by atoms with Gasteiger partial charge in [-0.25, -0.2) is 4.79 Å². The minimum atomic E-state index is -0.478. The quantitative estimate of drug-likeness (QED) is 0.300. The molecule has 34 heavy (non-hydrogen) atoms. The molecule has 172 valence electrons. The Hall–Kier alpha value is -4.67. The normalized spacial score (nSPS) is 11.4. The van der Waals surface area contributed by atoms with Crippen LogP contribution in [0.3, 0.4) is 0 Å². The summed E-state index contributed by atoms with van der Waals surface area (Å²) in [4.78, 5) is 40.8. The highest BCUT2D eigenvalue weighted by atomic mass is 16.6. The molecule has 11 nitrogen and oxygen atoms in total. The molecule has 0 amide bonds. The second-order valence-corrected chi connectivity index (χ2v) is 7.99. The van der Waals surface area contributed by atoms with Crippen molar-refractivity contribution in [2.24, 2.45) is 14.1 Å². The molecule has 3 aromatic heterocycles. The third-order valence-electron chi connectivity index (χ3n) is 5.92. The molecule has 0 saturated heterocycles. The minimum Gasteiger partial charge on any atom is -0.495 e. The number of non-ortho nitro benzene ring substituents is 1. The van der Waals surface area contributed by atoms with Gasteiger partial charge in [0.25, 0.3) is 11.2 Å². The average Bonchev–Trinajstić information content (AvgIpc) is 3.38. The number of imidazole rings is 2. The Kier molecular flexibility index (Phi) is 4.64. The van der Waals surface area contributed by atoms with Crippen LogP contribution in [-0.2, 0) is 14.1 Å². The zero-order chi connectivity index (χ0) is 24.3. The van der Waals surface area contributed by atoms with Gasteiger partial charge in [0.1, 0.15) is 5.75 Å². The number of fused-ring (bicyclic) bond motifs is 3. The second-order valence-electron chi connectivity index (χ2n) is 7.99. The average molecular weight is 460 g/mol. The first-order chi connectivity index (χ1) is 16.2. The molecule has 2 aromatic carbocycles. The van der Waals surface area contributed by atoms with Crippen LogP contribution in [0.4, 0.5) is 5.69 Å². The number of hydrogen-bond donors (Lipinski definition) is 0. The zero-order valence-electron chi connectivity index (χ0n) is 18.8. The number of rotatable bonds is 4. The van der Waals surface area contributed by atoms with Crippen LogP contribution >= 0.6 is 0 Å². The number of nitro groups is 1. The summed E-state index contributed by atoms with van der Waals surface area (Å²) in [7, 11) is 4.54. The first kappa shape index (κ1) is 21.2. The van der Waals surface area contributed by atoms with E-state index in [9.17, 15) is 19.7 Å². The number of ether oxygens (including phenoxy) is 1. The number of nitrogens with zero attached hydrogens (tertiary/aromatic N) is 6. The van der Waals surface area contributed by atoms with Crippen molar-refractivity contribution < 1.29 is 9.66 Å². The SMILES string of the molecule is COc1cc(C)ccc1-n1c(-c2ccc([N+](=O)[O-])cc2)cn2c3c(=O)n(C)c(=O)n(C)c3nc12. The van der Waals surface area contributed by atoms with Crippen molar-refractivity contribution >= 4 is 22.6 Å². The summed E-state index contributed by atoms with van der Waals surface area (Å²) in [6, 6.07) is 11.8. The molecule has 5 rings (SSSR count). The standard InChI is InChI=1S/C23H20N6O5/c1-13-5-10-16(18(11-13)34-4)28-17(14-6-8-15(9-7-14)29(32)33)12-27-19-20(24-22(27)28)25(2)23(31)26(3)21(19)30/h5-12H,1-4H3. The van der Waals surface area contributed by atoms with Crippen molar-refractivity contribution in [1.82, 2.24) is 23.1 Å². The Balaban J connectivity index is 1.93. The number of benzene rings is 2. The highest BCUT2D eigenvalue weighted by Gasteiger charge is 2.23. The van der Waals surface area contributed by atoms with E-state index in [-0.39, 0.29) is 16.9 Å². The van der Waals surface area contributed by atoms with Crippen molar-refractivity contribution in [1.29, 1.82) is 0 Å². The van der Waals surface area contributed by atoms with E-state index >= 15 is 0 Å². The molecule has 0 aliphatic rings. The smallest absolute Gasteiger partial charge is 0.332 e. The third-order valence-corrected chi connectivity index (χ3v) is 5.92. The van der Waals surface area contributed by atoms with E-state index in [0.717, 1.165) is 10.1 Å². The van der Waals surface area contributed by atoms with Crippen molar-refractivity contribution in [2.45, 2.75) is 6.92 Å². The van der Waals surface area contributed by atoms with Gasteiger partial charge in [0.2, 0.25) is 5.78 Å². The van der Waals surface area contributed by atoms with E-state index in [0.29, 0.717) is 28.5 Å². The summed E-state index contributed by atoms with van der Waals surface area (Å²) >= 11 is 0. The molecule has 11 heteroatoms. The van der Waals surface area contributed by atoms with Crippen LogP contribution in [0.25, 0.3) is 33.9 Å². The number of aromatic nitrogens is 5. The fourth-order valence-electron chi connectivity index (χ4n) is 4.14. The zero-order valence-corrected chi connectivity index (χ0v) is 18.8. The van der Waals surface area contributed by atoms with Crippen molar-refractivity contribution in [2.75, 3.05) is 7.11 Å². The van der Waals surface area contributed by atoms with Gasteiger partial charge in [-0.15, -0.1) is 0 Å². The van der Waals surface area contributed by atoms with Gasteiger partial charge >= 0.3 is 5.69 Å². The molecule has 0 atom stereocenters. The van der Waals surface area contributed by atoms with Crippen LogP contribution in [0, 0.1) is 17.0 Å². The van der Waals surface area contributed by atoms with Crippen LogP contribution in [0.1, 0.15) is 5.56 Å². The van der Waals surface area contributed by atoms with Crippen molar-refractivity contribution in [3.8, 4) is 22.7 Å². The first-order valence-corrected chi connectivity index (χ1v) is 10.3. The number of aryl methyl sites for hydroxylation is 2. The van der Waals surface area contributed by atoms with Gasteiger partial charge < -0.3 is 4.74 Å². The molecule has 0 saturated carbocycles. The lowest BCUT2D eigenvalue weighted by atomic mass is 10.1. The third kappa shape index (κ3) is 2.94. The topological polar surface area (TPSA) is 119 Å². The molecule has 0 radical (unpaired) electrons. The molecule has 0 fully saturated rings. The molecule has 0 spiro atoms. The number of methoxy groups -OCH3 is 1. The van der Waals surface area contributed by atoms with E-state index in [1.807, 2.05) is 29.7 Å². The van der Waals surface area contributed by atoms with Gasteiger partial charge in [-0.1, -0.05) is 6.07 Å². The Labute approximate surface area is 191 Å². The van der Waals surface area contributed by atoms with Crippen LogP contribution in [0.2, 0.25) is 0 Å². The lowest BCUT2D eigenvalue weighted by Crippen LogP contribution is -2.37. The lowest BCUT2D eigenvalue weighted by molar-refractivity contribution is -0.384. The summed E-state index contributed by atoms with van der Waals surface area (Å²) in [5.74, 6) is 0.971. The van der Waals surface area contributed by atoms with Gasteiger partial charge in [-0.05, 0) is 36.8 Å². The Morgan fingerprint density at radius 1 is 1.03 bits per heavy atom. The van der Waals surface area contributed by atoms with E-state index < -0.39 is 16.2 Å². The van der Waals surface area contributed by atoms with Gasteiger partial charge in [0.05, 0.1) is 23.4 Å². The molecular formula is C23H20N6O5. The number of hydrogen-bond acceptors (Lipinski definition) is 6. The maximum Gasteiger partial charge on any atom is 0.332 e. The van der Waals surface area contributed by atoms with E-state index in [1.165, 1.54) is 23.7 Å². The van der Waals surface area contributed by atoms with Crippen LogP contribution in [-0.4, -0.2) is 35.1 Å². The monoisotopic (exact) mass is 460 g/mol. The van der Waals surface area contributed by atoms with E-state index in [2.05, 4.69) is 4.98 Å². The molecule has 0 N–H and O–H groups in total. The minimum absolute atomic E-state index is 0.0335. The van der Waals surface area contributed by atoms with Gasteiger partial charge in [-0.3, -0.25) is 33.0 Å². The summed E-state index contributed by atoms with van der Waals surface area (Å²) in [5.41, 5.74) is 2.46. The highest BCUT2D eigenvalue weighted by Crippen LogP contribution is 2.34. The lowest BCUT2D eigenvalue weighted by Gasteiger charge is -2.14. The van der Waals surface area contributed by atoms with Gasteiger partial charge in [0, 0.05) is 38.0 Å². The van der Waals surface area contributed by atoms with Gasteiger partial charge in [0.15, 0.2) is 11.2 Å². The highest BCUT2D eigenvalue weighted by molar-refractivity contribution is 5.80. The maximum absolute atomic E-state index is 13.0. The molecule has 3 heterocycles. The Morgan fingerprint density at radius 3 is 2.38 bits per heavy atom. The van der Waals surface area contributed by atoms with Crippen molar-refractivity contribution in [3.05, 3.63) is 85.2 Å². The fourth-order valence-corrected chi connectivity index (χ4v) is 4.14. The molecule has 0 aliphatic carbocycles. The summed E-state index contributed by atoms with van der Waals surface area (Å²) in [6.45, 7) is 1.94. The van der Waals surface area contributed by atoms with Crippen LogP contribution in [0.5, 0.6) is 5.75 Å². The molecule has 0 aliphatic heterocycles. The summed E-state index contributed by atoms with van der Waals surface area (Å²) < 4.78 is 11.4. The predicted molar refractivity (Wildman–Crippen MR) is 126 cm³/mol. The maximum atomic E-state index is 13.0. The summed E-state index contributed by atoms with van der Waals surface area (Å²) in [6.07, 6.45) is 1.73. The van der Waals surface area contributed by atoms with Gasteiger partial charge in [-0.2, -0.15) is 4.98 Å². The van der Waals surface area contributed by atoms with E-state index in [4.69, 9.17) is 4.74 Å². The number of nitro benzene ring substituents is 1. The molecular weight excluding hydrogens is 440 g/mol. The molecule has 0 bridgehead atoms. The molecule has 0 unspecified atom stereocenters. The Bertz CT molecular complexity index is 1740. The predicted octanol–water partition coefficient (Wildman–Crippen LogP) is 2.57. The van der Waals surface area contributed by atoms with E-state index in [1.54, 1.807) is 36.9 Å². The second kappa shape index (κ2) is 7.44. The first-order valence-electron chi connectivity index (χ1n) is 10.3. The largest absolute Gasteiger partial charge is 0.495 e. The van der Waals surface area contributed by atoms with Crippen LogP contribution < -0.4 is 16.0 Å².